The minimum Gasteiger partial charge on any atom is -0.434 e. The molecule has 0 aromatic carbocycles. The third-order valence-corrected chi connectivity index (χ3v) is 1.73. The third-order valence-electron chi connectivity index (χ3n) is 1.48. The van der Waals surface area contributed by atoms with E-state index in [0.29, 0.717) is 6.61 Å². The van der Waals surface area contributed by atoms with Gasteiger partial charge in [0.2, 0.25) is 0 Å². The Hall–Kier alpha value is 0.987. The first-order chi connectivity index (χ1) is 6.16. The summed E-state index contributed by atoms with van der Waals surface area (Å²) >= 11 is 2.01. The van der Waals surface area contributed by atoms with E-state index in [1.54, 1.807) is 6.92 Å². The molecule has 0 aliphatic carbocycles. The van der Waals surface area contributed by atoms with Crippen molar-refractivity contribution in [2.45, 2.75) is 43.6 Å². The summed E-state index contributed by atoms with van der Waals surface area (Å²) in [6, 6.07) is 0. The van der Waals surface area contributed by atoms with E-state index in [-0.39, 0.29) is 33.3 Å². The molecule has 0 N–H and O–H groups in total. The van der Waals surface area contributed by atoms with Crippen LogP contribution >= 0.6 is 22.6 Å². The number of rotatable bonds is 6. The smallest absolute Gasteiger partial charge is 0.434 e. The molecule has 0 aromatic heterocycles. The van der Waals surface area contributed by atoms with Crippen molar-refractivity contribution in [3.63, 3.8) is 0 Å². The number of halogens is 1. The van der Waals surface area contributed by atoms with E-state index < -0.39 is 6.16 Å². The predicted molar refractivity (Wildman–Crippen MR) is 60.1 cm³/mol. The molecule has 0 bridgehead atoms. The van der Waals surface area contributed by atoms with Gasteiger partial charge in [-0.2, -0.15) is 0 Å². The summed E-state index contributed by atoms with van der Waals surface area (Å²) in [4.78, 5) is 10.8. The number of ether oxygens (including phenoxy) is 2. The van der Waals surface area contributed by atoms with Gasteiger partial charge in [-0.25, -0.2) is 4.79 Å². The molecule has 0 spiro atoms. The fourth-order valence-electron chi connectivity index (χ4n) is 0.851. The first-order valence-corrected chi connectivity index (χ1v) is 5.89. The van der Waals surface area contributed by atoms with Crippen LogP contribution in [0.25, 0.3) is 0 Å². The van der Waals surface area contributed by atoms with Crippen molar-refractivity contribution in [1.82, 2.24) is 0 Å². The fraction of sp³-hybridized carbons (Fsp3) is 0.889. The van der Waals surface area contributed by atoms with Gasteiger partial charge < -0.3 is 9.47 Å². The number of alkyl halides is 1. The second-order valence-electron chi connectivity index (χ2n) is 2.82. The van der Waals surface area contributed by atoms with Crippen molar-refractivity contribution in [3.05, 3.63) is 0 Å². The van der Waals surface area contributed by atoms with Gasteiger partial charge in [-0.15, -0.1) is 0 Å². The first kappa shape index (κ1) is 17.4. The molecule has 0 aliphatic heterocycles. The maximum atomic E-state index is 10.8. The van der Waals surface area contributed by atoms with Crippen LogP contribution in [0.4, 0.5) is 4.79 Å². The van der Waals surface area contributed by atoms with E-state index in [0.717, 1.165) is 12.8 Å². The number of carbonyl (C=O) groups is 1. The molecule has 14 heavy (non-hydrogen) atoms. The van der Waals surface area contributed by atoms with Gasteiger partial charge in [0, 0.05) is 29.2 Å². The van der Waals surface area contributed by atoms with Crippen molar-refractivity contribution >= 4 is 28.7 Å². The molecule has 0 saturated heterocycles. The minimum absolute atomic E-state index is 0. The summed E-state index contributed by atoms with van der Waals surface area (Å²) in [5.74, 6) is 0. The normalized spacial score (nSPS) is 11.4. The van der Waals surface area contributed by atoms with Crippen molar-refractivity contribution in [2.24, 2.45) is 0 Å². The summed E-state index contributed by atoms with van der Waals surface area (Å²) < 4.78 is 9.49. The number of hydrogen-bond donors (Lipinski definition) is 0. The average molecular weight is 544 g/mol. The van der Waals surface area contributed by atoms with Crippen LogP contribution in [0, 0.1) is 29.2 Å². The number of hydrogen-bond acceptors (Lipinski definition) is 3. The maximum absolute atomic E-state index is 10.8. The molecule has 0 radical (unpaired) electrons. The van der Waals surface area contributed by atoms with Crippen molar-refractivity contribution < 1.29 is 43.4 Å². The topological polar surface area (TPSA) is 35.5 Å². The summed E-state index contributed by atoms with van der Waals surface area (Å²) in [5.41, 5.74) is 0. The van der Waals surface area contributed by atoms with E-state index in [9.17, 15) is 4.79 Å². The Morgan fingerprint density at radius 1 is 1.36 bits per heavy atom. The van der Waals surface area contributed by atoms with Crippen LogP contribution in [0.5, 0.6) is 0 Å². The standard InChI is InChI=1S/C9H17IO3.Pu/c1-3-4-5-6-7-12-9(11)13-8(2)10;/h8H,3-7H2,1-2H3;. The number of carbonyl (C=O) groups excluding carboxylic acids is 1. The van der Waals surface area contributed by atoms with Crippen LogP contribution in [0.3, 0.4) is 0 Å². The second-order valence-corrected chi connectivity index (χ2v) is 4.57. The van der Waals surface area contributed by atoms with Crippen molar-refractivity contribution in [3.8, 4) is 0 Å². The largest absolute Gasteiger partial charge is 0.509 e. The maximum Gasteiger partial charge on any atom is 0.509 e. The molecular formula is C9H17IO3Pu. The molecule has 1 unspecified atom stereocenters. The van der Waals surface area contributed by atoms with Crippen LogP contribution in [0.1, 0.15) is 39.5 Å². The van der Waals surface area contributed by atoms with Gasteiger partial charge >= 0.3 is 6.16 Å². The fourth-order valence-corrected chi connectivity index (χ4v) is 1.06. The van der Waals surface area contributed by atoms with Crippen molar-refractivity contribution in [1.29, 1.82) is 0 Å². The predicted octanol–water partition coefficient (Wildman–Crippen LogP) is 3.50. The van der Waals surface area contributed by atoms with Gasteiger partial charge in [-0.05, 0) is 35.9 Å². The zero-order valence-electron chi connectivity index (χ0n) is 8.62. The first-order valence-electron chi connectivity index (χ1n) is 4.64. The van der Waals surface area contributed by atoms with Gasteiger partial charge in [-0.3, -0.25) is 0 Å². The van der Waals surface area contributed by atoms with E-state index in [2.05, 4.69) is 6.92 Å². The molecule has 0 rings (SSSR count). The Labute approximate surface area is 121 Å². The minimum atomic E-state index is -0.557. The summed E-state index contributed by atoms with van der Waals surface area (Å²) in [6.07, 6.45) is 3.87. The van der Waals surface area contributed by atoms with Gasteiger partial charge in [0.05, 0.1) is 6.61 Å². The second kappa shape index (κ2) is 12.1. The van der Waals surface area contributed by atoms with Crippen LogP contribution in [-0.2, 0) is 9.47 Å². The van der Waals surface area contributed by atoms with Gasteiger partial charge in [0.25, 0.3) is 0 Å². The van der Waals surface area contributed by atoms with Crippen molar-refractivity contribution in [2.75, 3.05) is 6.61 Å². The van der Waals surface area contributed by atoms with E-state index in [1.807, 2.05) is 22.6 Å². The van der Waals surface area contributed by atoms with Gasteiger partial charge in [-0.1, -0.05) is 26.2 Å². The van der Waals surface area contributed by atoms with Crippen LogP contribution in [0.2, 0.25) is 0 Å². The Morgan fingerprint density at radius 3 is 2.50 bits per heavy atom. The molecule has 84 valence electrons. The van der Waals surface area contributed by atoms with Gasteiger partial charge in [0.1, 0.15) is 0 Å². The van der Waals surface area contributed by atoms with E-state index in [4.69, 9.17) is 9.47 Å². The third kappa shape index (κ3) is 13.0. The molecule has 0 heterocycles. The SMILES string of the molecule is CCCCCCOC(=O)OC(C)I.[Pu]. The Balaban J connectivity index is 0. The van der Waals surface area contributed by atoms with E-state index >= 15 is 0 Å². The zero-order valence-corrected chi connectivity index (χ0v) is 14.2. The van der Waals surface area contributed by atoms with Crippen LogP contribution in [-0.4, -0.2) is 16.9 Å². The van der Waals surface area contributed by atoms with Gasteiger partial charge in [0.15, 0.2) is 4.11 Å². The molecule has 0 aromatic rings. The monoisotopic (exact) mass is 538 g/mol. The molecular weight excluding hydrogens is 527 g/mol. The molecule has 1 atom stereocenters. The molecule has 5 heteroatoms. The number of unbranched alkanes of at least 4 members (excludes halogenated alkanes) is 3. The molecule has 0 aliphatic rings. The summed E-state index contributed by atoms with van der Waals surface area (Å²) in [6.45, 7) is 4.41. The van der Waals surface area contributed by atoms with Crippen LogP contribution < -0.4 is 0 Å². The van der Waals surface area contributed by atoms with E-state index in [1.165, 1.54) is 12.8 Å². The Kier molecular flexibility index (Phi) is 15.0. The van der Waals surface area contributed by atoms with Crippen LogP contribution in [0.15, 0.2) is 0 Å². The Morgan fingerprint density at radius 2 is 2.00 bits per heavy atom. The summed E-state index contributed by atoms with van der Waals surface area (Å²) in [5, 5.41) is 0. The Bertz CT molecular complexity index is 142. The average Bonchev–Trinajstić information content (AvgIpc) is 2.02. The quantitative estimate of drug-likeness (QED) is 0.223. The molecule has 3 nitrogen and oxygen atoms in total. The molecule has 0 saturated carbocycles. The molecule has 0 fully saturated rings. The zero-order chi connectivity index (χ0) is 10.1. The molecule has 0 amide bonds. The summed E-state index contributed by atoms with van der Waals surface area (Å²) in [7, 11) is 0.